The molecule has 0 saturated carbocycles. The van der Waals surface area contributed by atoms with Crippen molar-refractivity contribution in [3.63, 3.8) is 0 Å². The molecule has 0 bridgehead atoms. The van der Waals surface area contributed by atoms with Crippen LogP contribution in [0.1, 0.15) is 33.9 Å². The number of anilines is 1. The molecule has 0 fully saturated rings. The molecular weight excluding hydrogens is 394 g/mol. The molecule has 2 aliphatic rings. The second-order valence-corrected chi connectivity index (χ2v) is 8.64. The first-order valence-corrected chi connectivity index (χ1v) is 10.6. The minimum Gasteiger partial charge on any atom is -0.352 e. The number of rotatable bonds is 1. The standard InChI is InChI=1S/C25H20ClN3O/c1-14-7-6-10-18-22(14)29-24(30)25(18)23-21(16-9-3-5-12-20(16)28-23)17(13-27-25)15-8-2-4-11-19(15)26/h2-12,17,27-28H,13H2,1H3,(H,29,30)/p+1/t17-,25+/m1/s1. The molecule has 4 aromatic rings. The molecule has 0 unspecified atom stereocenters. The Morgan fingerprint density at radius 2 is 1.83 bits per heavy atom. The van der Waals surface area contributed by atoms with E-state index in [1.165, 1.54) is 5.56 Å². The fourth-order valence-corrected chi connectivity index (χ4v) is 5.61. The minimum absolute atomic E-state index is 0.0113. The van der Waals surface area contributed by atoms with Crippen LogP contribution in [0.4, 0.5) is 5.69 Å². The number of amides is 1. The lowest BCUT2D eigenvalue weighted by atomic mass is 9.76. The highest BCUT2D eigenvalue weighted by Gasteiger charge is 2.58. The molecule has 0 radical (unpaired) electrons. The Labute approximate surface area is 179 Å². The summed E-state index contributed by atoms with van der Waals surface area (Å²) in [5.41, 5.74) is 6.50. The van der Waals surface area contributed by atoms with E-state index in [-0.39, 0.29) is 11.8 Å². The van der Waals surface area contributed by atoms with Crippen LogP contribution in [0, 0.1) is 6.92 Å². The Hall–Kier alpha value is -3.08. The Kier molecular flexibility index (Phi) is 3.67. The van der Waals surface area contributed by atoms with Gasteiger partial charge in [-0.3, -0.25) is 4.79 Å². The Balaban J connectivity index is 1.68. The van der Waals surface area contributed by atoms with E-state index < -0.39 is 5.54 Å². The van der Waals surface area contributed by atoms with Crippen LogP contribution in [0.5, 0.6) is 0 Å². The van der Waals surface area contributed by atoms with Gasteiger partial charge in [-0.25, -0.2) is 0 Å². The van der Waals surface area contributed by atoms with Crippen LogP contribution >= 0.6 is 11.6 Å². The highest BCUT2D eigenvalue weighted by Crippen LogP contribution is 2.47. The van der Waals surface area contributed by atoms with Gasteiger partial charge in [0.05, 0.1) is 29.4 Å². The predicted molar refractivity (Wildman–Crippen MR) is 119 cm³/mol. The number of halogens is 1. The highest BCUT2D eigenvalue weighted by molar-refractivity contribution is 6.31. The van der Waals surface area contributed by atoms with E-state index in [1.807, 2.05) is 43.3 Å². The summed E-state index contributed by atoms with van der Waals surface area (Å²) in [5, 5.41) is 7.25. The number of hydrogen-bond acceptors (Lipinski definition) is 1. The van der Waals surface area contributed by atoms with Gasteiger partial charge in [-0.2, -0.15) is 0 Å². The molecule has 1 aromatic heterocycles. The molecule has 3 aromatic carbocycles. The summed E-state index contributed by atoms with van der Waals surface area (Å²) in [4.78, 5) is 17.1. The smallest absolute Gasteiger partial charge is 0.297 e. The molecule has 3 heterocycles. The molecule has 1 amide bonds. The summed E-state index contributed by atoms with van der Waals surface area (Å²) in [6, 6.07) is 22.5. The summed E-state index contributed by atoms with van der Waals surface area (Å²) in [5.74, 6) is 0.106. The fraction of sp³-hybridized carbons (Fsp3) is 0.160. The maximum absolute atomic E-state index is 13.5. The third-order valence-electron chi connectivity index (χ3n) is 6.72. The predicted octanol–water partition coefficient (Wildman–Crippen LogP) is 4.03. The number of carbonyl (C=O) groups excluding carboxylic acids is 1. The van der Waals surface area contributed by atoms with Gasteiger partial charge < -0.3 is 15.6 Å². The van der Waals surface area contributed by atoms with Gasteiger partial charge >= 0.3 is 0 Å². The van der Waals surface area contributed by atoms with Crippen molar-refractivity contribution in [1.82, 2.24) is 4.98 Å². The molecular formula is C25H21ClN3O+. The first-order chi connectivity index (χ1) is 14.6. The van der Waals surface area contributed by atoms with Crippen LogP contribution in [0.15, 0.2) is 66.7 Å². The maximum atomic E-state index is 13.5. The summed E-state index contributed by atoms with van der Waals surface area (Å²) in [6.07, 6.45) is 0. The molecule has 6 rings (SSSR count). The number of benzene rings is 3. The normalized spacial score (nSPS) is 22.2. The van der Waals surface area contributed by atoms with Gasteiger partial charge in [-0.05, 0) is 36.2 Å². The van der Waals surface area contributed by atoms with Crippen LogP contribution in [0.2, 0.25) is 5.02 Å². The molecule has 1 spiro atoms. The third-order valence-corrected chi connectivity index (χ3v) is 7.07. The van der Waals surface area contributed by atoms with Crippen molar-refractivity contribution in [2.24, 2.45) is 0 Å². The average molecular weight is 415 g/mol. The van der Waals surface area contributed by atoms with E-state index in [4.69, 9.17) is 11.6 Å². The molecule has 0 aliphatic carbocycles. The lowest BCUT2D eigenvalue weighted by Gasteiger charge is -2.34. The van der Waals surface area contributed by atoms with E-state index in [0.717, 1.165) is 50.5 Å². The van der Waals surface area contributed by atoms with Gasteiger partial charge in [0.1, 0.15) is 0 Å². The zero-order valence-electron chi connectivity index (χ0n) is 16.5. The van der Waals surface area contributed by atoms with Gasteiger partial charge in [-0.1, -0.05) is 60.1 Å². The van der Waals surface area contributed by atoms with Crippen molar-refractivity contribution in [1.29, 1.82) is 0 Å². The summed E-state index contributed by atoms with van der Waals surface area (Å²) < 4.78 is 0. The Morgan fingerprint density at radius 3 is 2.70 bits per heavy atom. The van der Waals surface area contributed by atoms with Crippen molar-refractivity contribution >= 4 is 34.1 Å². The molecule has 2 atom stereocenters. The SMILES string of the molecule is Cc1cccc2c1NC(=O)[C@]21[NH2+]C[C@H](c2ccccc2Cl)c2c1[nH]c1ccccc21. The number of aryl methyl sites for hydroxylation is 1. The molecule has 30 heavy (non-hydrogen) atoms. The number of aromatic amines is 1. The second-order valence-electron chi connectivity index (χ2n) is 8.23. The maximum Gasteiger partial charge on any atom is 0.297 e. The summed E-state index contributed by atoms with van der Waals surface area (Å²) in [6.45, 7) is 2.78. The number of fused-ring (bicyclic) bond motifs is 6. The Morgan fingerprint density at radius 1 is 1.03 bits per heavy atom. The van der Waals surface area contributed by atoms with Crippen LogP contribution in [0.25, 0.3) is 10.9 Å². The van der Waals surface area contributed by atoms with Crippen LogP contribution in [-0.4, -0.2) is 17.4 Å². The third kappa shape index (κ3) is 2.18. The van der Waals surface area contributed by atoms with Crippen molar-refractivity contribution in [2.75, 3.05) is 11.9 Å². The zero-order chi connectivity index (χ0) is 20.5. The van der Waals surface area contributed by atoms with Gasteiger partial charge in [-0.15, -0.1) is 0 Å². The highest BCUT2D eigenvalue weighted by atomic mass is 35.5. The van der Waals surface area contributed by atoms with E-state index >= 15 is 0 Å². The number of hydrogen-bond donors (Lipinski definition) is 3. The van der Waals surface area contributed by atoms with Crippen molar-refractivity contribution in [3.8, 4) is 0 Å². The number of carbonyl (C=O) groups is 1. The van der Waals surface area contributed by atoms with Crippen LogP contribution in [0.3, 0.4) is 0 Å². The molecule has 4 N–H and O–H groups in total. The largest absolute Gasteiger partial charge is 0.352 e. The van der Waals surface area contributed by atoms with E-state index in [9.17, 15) is 4.79 Å². The average Bonchev–Trinajstić information content (AvgIpc) is 3.28. The van der Waals surface area contributed by atoms with Crippen LogP contribution in [-0.2, 0) is 10.3 Å². The monoisotopic (exact) mass is 414 g/mol. The van der Waals surface area contributed by atoms with E-state index in [2.05, 4.69) is 45.9 Å². The van der Waals surface area contributed by atoms with Gasteiger partial charge in [0.2, 0.25) is 5.54 Å². The van der Waals surface area contributed by atoms with Gasteiger partial charge in [0.15, 0.2) is 0 Å². The first kappa shape index (κ1) is 17.8. The Bertz CT molecular complexity index is 1340. The first-order valence-electron chi connectivity index (χ1n) is 10.2. The summed E-state index contributed by atoms with van der Waals surface area (Å²) in [7, 11) is 0. The van der Waals surface area contributed by atoms with Gasteiger partial charge in [0.25, 0.3) is 5.91 Å². The number of aromatic nitrogens is 1. The number of nitrogens with one attached hydrogen (secondary N) is 2. The fourth-order valence-electron chi connectivity index (χ4n) is 5.34. The van der Waals surface area contributed by atoms with Crippen molar-refractivity contribution in [2.45, 2.75) is 18.4 Å². The van der Waals surface area contributed by atoms with Crippen molar-refractivity contribution < 1.29 is 10.1 Å². The molecule has 2 aliphatic heterocycles. The number of para-hydroxylation sites is 2. The second kappa shape index (κ2) is 6.21. The molecule has 0 saturated heterocycles. The number of H-pyrrole nitrogens is 1. The lowest BCUT2D eigenvalue weighted by Crippen LogP contribution is -2.99. The zero-order valence-corrected chi connectivity index (χ0v) is 17.3. The minimum atomic E-state index is -0.812. The lowest BCUT2D eigenvalue weighted by molar-refractivity contribution is -0.715. The molecule has 148 valence electrons. The van der Waals surface area contributed by atoms with Crippen LogP contribution < -0.4 is 10.6 Å². The van der Waals surface area contributed by atoms with E-state index in [1.54, 1.807) is 0 Å². The van der Waals surface area contributed by atoms with Gasteiger partial charge in [0, 0.05) is 21.5 Å². The topological polar surface area (TPSA) is 61.5 Å². The summed E-state index contributed by atoms with van der Waals surface area (Å²) >= 11 is 6.62. The van der Waals surface area contributed by atoms with E-state index in [0.29, 0.717) is 0 Å². The quantitative estimate of drug-likeness (QED) is 0.432. The van der Waals surface area contributed by atoms with Crippen molar-refractivity contribution in [3.05, 3.63) is 99.7 Å². The number of quaternary nitrogens is 1. The molecule has 5 heteroatoms. The molecule has 4 nitrogen and oxygen atoms in total. The number of nitrogens with two attached hydrogens (primary N) is 1.